The van der Waals surface area contributed by atoms with E-state index in [0.717, 1.165) is 36.0 Å². The van der Waals surface area contributed by atoms with Gasteiger partial charge >= 0.3 is 0 Å². The quantitative estimate of drug-likeness (QED) is 0.847. The van der Waals surface area contributed by atoms with E-state index in [1.54, 1.807) is 0 Å². The average Bonchev–Trinajstić information content (AvgIpc) is 3.05. The number of rotatable bonds is 6. The Morgan fingerprint density at radius 1 is 1.44 bits per heavy atom. The zero-order chi connectivity index (χ0) is 17.4. The molecule has 1 saturated carbocycles. The molecule has 1 aliphatic carbocycles. The molecule has 0 aromatic carbocycles. The van der Waals surface area contributed by atoms with Gasteiger partial charge in [-0.05, 0) is 37.8 Å². The summed E-state index contributed by atoms with van der Waals surface area (Å²) in [5.41, 5.74) is 1.05. The van der Waals surface area contributed by atoms with Gasteiger partial charge in [0.25, 0.3) is 0 Å². The second kappa shape index (κ2) is 6.67. The van der Waals surface area contributed by atoms with Crippen LogP contribution in [0, 0.1) is 5.92 Å². The van der Waals surface area contributed by atoms with Gasteiger partial charge in [-0.2, -0.15) is 5.10 Å². The van der Waals surface area contributed by atoms with Gasteiger partial charge in [-0.3, -0.25) is 9.48 Å². The number of hydrogen-bond donors (Lipinski definition) is 2. The highest BCUT2D eigenvalue weighted by atomic mass is 16.3. The van der Waals surface area contributed by atoms with Crippen LogP contribution in [0.4, 0.5) is 0 Å². The number of hydrogen-bond acceptors (Lipinski definition) is 4. The summed E-state index contributed by atoms with van der Waals surface area (Å²) < 4.78 is 7.88. The first kappa shape index (κ1) is 16.4. The van der Waals surface area contributed by atoms with E-state index in [9.17, 15) is 4.79 Å². The zero-order valence-electron chi connectivity index (χ0n) is 14.9. The topological polar surface area (TPSA) is 72.1 Å². The van der Waals surface area contributed by atoms with Crippen LogP contribution in [0.1, 0.15) is 62.2 Å². The minimum atomic E-state index is -0.0422. The van der Waals surface area contributed by atoms with E-state index in [-0.39, 0.29) is 18.0 Å². The molecule has 2 aliphatic rings. The van der Waals surface area contributed by atoms with Gasteiger partial charge in [-0.25, -0.2) is 0 Å². The van der Waals surface area contributed by atoms with E-state index >= 15 is 0 Å². The van der Waals surface area contributed by atoms with Gasteiger partial charge in [0.05, 0.1) is 18.8 Å². The monoisotopic (exact) mass is 342 g/mol. The van der Waals surface area contributed by atoms with Crippen molar-refractivity contribution in [1.82, 2.24) is 20.4 Å². The number of amides is 1. The number of piperidine rings is 1. The largest absolute Gasteiger partial charge is 0.464 e. The molecule has 25 heavy (non-hydrogen) atoms. The maximum atomic E-state index is 11.9. The molecule has 2 aromatic rings. The number of carbonyl (C=O) groups excluding carboxylic acids is 1. The molecule has 2 fully saturated rings. The lowest BCUT2D eigenvalue weighted by Crippen LogP contribution is -2.48. The van der Waals surface area contributed by atoms with Crippen molar-refractivity contribution in [3.05, 3.63) is 41.6 Å². The highest BCUT2D eigenvalue weighted by Gasteiger charge is 2.36. The molecule has 0 unspecified atom stereocenters. The number of nitrogens with zero attached hydrogens (tertiary/aromatic N) is 2. The Morgan fingerprint density at radius 3 is 3.00 bits per heavy atom. The summed E-state index contributed by atoms with van der Waals surface area (Å²) >= 11 is 0. The summed E-state index contributed by atoms with van der Waals surface area (Å²) in [7, 11) is 0. The van der Waals surface area contributed by atoms with Crippen molar-refractivity contribution >= 4 is 5.91 Å². The number of aromatic nitrogens is 2. The Morgan fingerprint density at radius 2 is 2.28 bits per heavy atom. The van der Waals surface area contributed by atoms with E-state index in [0.29, 0.717) is 18.9 Å². The van der Waals surface area contributed by atoms with Gasteiger partial charge in [0.1, 0.15) is 11.5 Å². The molecule has 0 bridgehead atoms. The van der Waals surface area contributed by atoms with Crippen LogP contribution < -0.4 is 10.6 Å². The molecular weight excluding hydrogens is 316 g/mol. The Kier molecular flexibility index (Phi) is 4.37. The lowest BCUT2D eigenvalue weighted by atomic mass is 9.93. The minimum absolute atomic E-state index is 0.0422. The van der Waals surface area contributed by atoms with Crippen molar-refractivity contribution in [2.75, 3.05) is 0 Å². The summed E-state index contributed by atoms with van der Waals surface area (Å²) in [5.74, 6) is 3.54. The number of nitrogens with one attached hydrogen (secondary N) is 2. The first-order valence-electron chi connectivity index (χ1n) is 9.27. The lowest BCUT2D eigenvalue weighted by Gasteiger charge is -2.32. The molecular formula is C19H26N4O2. The molecule has 0 radical (unpaired) electrons. The van der Waals surface area contributed by atoms with Crippen molar-refractivity contribution in [3.8, 4) is 0 Å². The Labute approximate surface area is 148 Å². The number of furan rings is 1. The smallest absolute Gasteiger partial charge is 0.220 e. The summed E-state index contributed by atoms with van der Waals surface area (Å²) in [6, 6.07) is 4.32. The first-order chi connectivity index (χ1) is 12.1. The molecule has 3 heterocycles. The minimum Gasteiger partial charge on any atom is -0.464 e. The van der Waals surface area contributed by atoms with Crippen molar-refractivity contribution in [2.45, 2.75) is 64.2 Å². The van der Waals surface area contributed by atoms with Gasteiger partial charge in [0.15, 0.2) is 0 Å². The fraction of sp³-hybridized carbons (Fsp3) is 0.579. The van der Waals surface area contributed by atoms with Gasteiger partial charge in [-0.15, -0.1) is 0 Å². The average molecular weight is 342 g/mol. The standard InChI is InChI=1S/C19H26N4O2/c1-3-23-11-13(9-21-23)19-16(5-7-18(24)22-19)20-10-14-4-6-17(25-14)15-8-12(15)2/h4,6,9,11-12,15-16,19-20H,3,5,7-8,10H2,1-2H3,(H,22,24)/t12-,15-,16-,19+/m1/s1. The summed E-state index contributed by atoms with van der Waals surface area (Å²) in [4.78, 5) is 11.9. The van der Waals surface area contributed by atoms with Crippen LogP contribution in [0.2, 0.25) is 0 Å². The second-order valence-corrected chi connectivity index (χ2v) is 7.32. The van der Waals surface area contributed by atoms with E-state index < -0.39 is 0 Å². The van der Waals surface area contributed by atoms with Gasteiger partial charge in [-0.1, -0.05) is 6.92 Å². The van der Waals surface area contributed by atoms with Crippen LogP contribution in [-0.2, 0) is 17.9 Å². The molecule has 2 aromatic heterocycles. The Balaban J connectivity index is 1.42. The normalized spacial score (nSPS) is 28.8. The predicted molar refractivity (Wildman–Crippen MR) is 93.9 cm³/mol. The Hall–Kier alpha value is -2.08. The third-order valence-electron chi connectivity index (χ3n) is 5.43. The maximum absolute atomic E-state index is 11.9. The summed E-state index contributed by atoms with van der Waals surface area (Å²) in [6.45, 7) is 5.83. The maximum Gasteiger partial charge on any atom is 0.220 e. The van der Waals surface area contributed by atoms with E-state index in [4.69, 9.17) is 4.42 Å². The number of aryl methyl sites for hydroxylation is 1. The lowest BCUT2D eigenvalue weighted by molar-refractivity contribution is -0.123. The molecule has 4 atom stereocenters. The van der Waals surface area contributed by atoms with E-state index in [2.05, 4.69) is 41.7 Å². The van der Waals surface area contributed by atoms with Crippen LogP contribution in [-0.4, -0.2) is 21.7 Å². The van der Waals surface area contributed by atoms with Crippen molar-refractivity contribution in [2.24, 2.45) is 5.92 Å². The Bertz CT molecular complexity index is 750. The zero-order valence-corrected chi connectivity index (χ0v) is 14.9. The molecule has 6 nitrogen and oxygen atoms in total. The summed E-state index contributed by atoms with van der Waals surface area (Å²) in [5, 5.41) is 11.0. The fourth-order valence-corrected chi connectivity index (χ4v) is 3.69. The van der Waals surface area contributed by atoms with E-state index in [1.807, 2.05) is 17.1 Å². The fourth-order valence-electron chi connectivity index (χ4n) is 3.69. The van der Waals surface area contributed by atoms with Crippen molar-refractivity contribution in [3.63, 3.8) is 0 Å². The highest BCUT2D eigenvalue weighted by molar-refractivity contribution is 5.77. The summed E-state index contributed by atoms with van der Waals surface area (Å²) in [6.07, 6.45) is 6.48. The van der Waals surface area contributed by atoms with Crippen LogP contribution in [0.5, 0.6) is 0 Å². The number of carbonyl (C=O) groups is 1. The second-order valence-electron chi connectivity index (χ2n) is 7.32. The molecule has 6 heteroatoms. The van der Waals surface area contributed by atoms with Gasteiger partial charge in [0, 0.05) is 36.7 Å². The third kappa shape index (κ3) is 3.49. The third-order valence-corrected chi connectivity index (χ3v) is 5.43. The van der Waals surface area contributed by atoms with Crippen LogP contribution >= 0.6 is 0 Å². The van der Waals surface area contributed by atoms with Crippen molar-refractivity contribution in [1.29, 1.82) is 0 Å². The van der Waals surface area contributed by atoms with E-state index in [1.165, 1.54) is 6.42 Å². The first-order valence-corrected chi connectivity index (χ1v) is 9.27. The molecule has 2 N–H and O–H groups in total. The highest BCUT2D eigenvalue weighted by Crippen LogP contribution is 2.47. The molecule has 1 amide bonds. The molecule has 1 saturated heterocycles. The van der Waals surface area contributed by atoms with Gasteiger partial charge in [0.2, 0.25) is 5.91 Å². The predicted octanol–water partition coefficient (Wildman–Crippen LogP) is 2.73. The van der Waals surface area contributed by atoms with Gasteiger partial charge < -0.3 is 15.1 Å². The van der Waals surface area contributed by atoms with Crippen molar-refractivity contribution < 1.29 is 9.21 Å². The SMILES string of the molecule is CCn1cc([C@@H]2NC(=O)CC[C@H]2NCc2ccc([C@@H]3C[C@H]3C)o2)cn1. The molecule has 134 valence electrons. The molecule has 0 spiro atoms. The van der Waals surface area contributed by atoms with Crippen LogP contribution in [0.15, 0.2) is 28.9 Å². The van der Waals surface area contributed by atoms with Crippen LogP contribution in [0.25, 0.3) is 0 Å². The van der Waals surface area contributed by atoms with Crippen LogP contribution in [0.3, 0.4) is 0 Å². The molecule has 4 rings (SSSR count). The molecule has 1 aliphatic heterocycles.